The molecule has 2 aliphatic carbocycles. The number of carbonyl (C=O) groups is 9. The summed E-state index contributed by atoms with van der Waals surface area (Å²) in [4.78, 5) is 130. The number of nitrogens with zero attached hydrogens (tertiary/aromatic N) is 2. The first-order valence-corrected chi connectivity index (χ1v) is 33.7. The fourth-order valence-corrected chi connectivity index (χ4v) is 13.6. The molecule has 5 aromatic rings. The molecule has 0 bridgehead atoms. The van der Waals surface area contributed by atoms with Crippen LogP contribution < -0.4 is 42.0 Å². The highest BCUT2D eigenvalue weighted by Gasteiger charge is 2.50. The second kappa shape index (κ2) is 32.2. The van der Waals surface area contributed by atoms with E-state index in [4.69, 9.17) is 18.9 Å². The van der Waals surface area contributed by atoms with E-state index in [2.05, 4.69) is 37.2 Å². The van der Waals surface area contributed by atoms with Crippen molar-refractivity contribution in [2.24, 2.45) is 5.92 Å². The van der Waals surface area contributed by atoms with E-state index in [1.807, 2.05) is 97.1 Å². The minimum absolute atomic E-state index is 0.0417. The van der Waals surface area contributed by atoms with E-state index in [9.17, 15) is 69.3 Å². The minimum Gasteiger partial charge on any atom is -0.504 e. The zero-order valence-corrected chi connectivity index (χ0v) is 56.4. The molecular formula is C72H87N9O20. The number of fused-ring (bicyclic) bond motifs is 8. The zero-order valence-electron chi connectivity index (χ0n) is 56.4. The zero-order chi connectivity index (χ0) is 72.6. The van der Waals surface area contributed by atoms with Crippen LogP contribution in [0.25, 0.3) is 22.3 Å². The van der Waals surface area contributed by atoms with Gasteiger partial charge in [0.1, 0.15) is 61.7 Å². The van der Waals surface area contributed by atoms with E-state index in [1.54, 1.807) is 0 Å². The Morgan fingerprint density at radius 2 is 1.13 bits per heavy atom. The lowest BCUT2D eigenvalue weighted by Gasteiger charge is -2.34. The van der Waals surface area contributed by atoms with E-state index in [0.717, 1.165) is 61.2 Å². The number of nitrogens with one attached hydrogen (secondary N) is 7. The van der Waals surface area contributed by atoms with Crippen LogP contribution >= 0.6 is 0 Å². The largest absolute Gasteiger partial charge is 0.504 e. The van der Waals surface area contributed by atoms with Crippen molar-refractivity contribution in [1.82, 2.24) is 47.0 Å². The van der Waals surface area contributed by atoms with Gasteiger partial charge in [0.2, 0.25) is 35.4 Å². The molecule has 1 unspecified atom stereocenters. The summed E-state index contributed by atoms with van der Waals surface area (Å²) < 4.78 is 22.6. The molecule has 5 aromatic carbocycles. The lowest BCUT2D eigenvalue weighted by atomic mass is 9.98. The van der Waals surface area contributed by atoms with Crippen molar-refractivity contribution in [2.75, 3.05) is 52.5 Å². The number of phenolic OH excluding ortho intramolecular Hbond substituents is 1. The van der Waals surface area contributed by atoms with Gasteiger partial charge in [0.15, 0.2) is 11.5 Å². The fraction of sp³-hybridized carbons (Fsp3) is 0.458. The van der Waals surface area contributed by atoms with Gasteiger partial charge in [-0.15, -0.1) is 0 Å². The van der Waals surface area contributed by atoms with Gasteiger partial charge in [-0.1, -0.05) is 110 Å². The van der Waals surface area contributed by atoms with Gasteiger partial charge in [0, 0.05) is 63.2 Å². The normalized spacial score (nSPS) is 24.4. The summed E-state index contributed by atoms with van der Waals surface area (Å²) in [6.45, 7) is 4.80. The topological polar surface area (TPSA) is 423 Å². The number of carbonyl (C=O) groups excluding carboxylic acids is 9. The minimum atomic E-state index is -2.18. The van der Waals surface area contributed by atoms with Crippen molar-refractivity contribution in [2.45, 2.75) is 151 Å². The van der Waals surface area contributed by atoms with Crippen LogP contribution in [-0.4, -0.2) is 230 Å². The van der Waals surface area contributed by atoms with E-state index in [-0.39, 0.29) is 61.8 Å². The van der Waals surface area contributed by atoms with E-state index in [1.165, 1.54) is 45.9 Å². The molecule has 10 rings (SSSR count). The van der Waals surface area contributed by atoms with Crippen molar-refractivity contribution >= 4 is 53.7 Å². The Labute approximate surface area is 582 Å². The molecule has 0 saturated carbocycles. The van der Waals surface area contributed by atoms with Crippen LogP contribution in [0.1, 0.15) is 93.5 Å². The Bertz CT molecular complexity index is 3800. The lowest BCUT2D eigenvalue weighted by molar-refractivity contribution is -0.147. The molecule has 3 fully saturated rings. The van der Waals surface area contributed by atoms with Crippen molar-refractivity contribution in [1.29, 1.82) is 0 Å². The maximum atomic E-state index is 15.3. The molecular weight excluding hydrogens is 1310 g/mol. The predicted octanol–water partition coefficient (Wildman–Crippen LogP) is 1.28. The number of phenols is 1. The summed E-state index contributed by atoms with van der Waals surface area (Å²) in [7, 11) is 0. The van der Waals surface area contributed by atoms with Crippen molar-refractivity contribution in [3.63, 3.8) is 0 Å². The number of aromatic hydroxyl groups is 1. The Balaban J connectivity index is 0.907. The smallest absolute Gasteiger partial charge is 0.408 e. The van der Waals surface area contributed by atoms with Gasteiger partial charge >= 0.3 is 18.3 Å². The van der Waals surface area contributed by atoms with E-state index >= 15 is 9.59 Å². The highest BCUT2D eigenvalue weighted by atomic mass is 16.6. The average Bonchev–Trinajstić information content (AvgIpc) is 1.63. The van der Waals surface area contributed by atoms with Crippen LogP contribution in [0.2, 0.25) is 0 Å². The standard InChI is InChI=1S/C72H87N9O20/c1-37-33-81-61(62(37)88)66(92)75-32-40(83)30-52(76-71(97)101-72(3,4)5)63(89)77-58(38(2)82)67(93)80-34-41(84)31-53(80)64(90)78-59(65(91)79-60(68(81)94)55(86)24-25-73-69(95)99-35-50-46-18-10-6-14-42(46)43-15-7-11-19-47(43)50)56(87)28-39-22-23-54(85)57(29-39)98-27-26-74-70(96)100-36-51-48-20-12-8-16-44(48)45-17-9-13-21-49(45)51/h6-23,29,37-38,40-41,50-53,55-56,58-62,82-88H,24-28,30-36H2,1-5H3,(H,73,95)(H,74,96)(H,75,92)(H,76,97)(H,77,89)(H,78,90)(H,79,91)/t37-,38+,40+,41+,52?,53-,55+,56+,58-,59-,60-,61-,62-/m0/s1. The second-order valence-electron chi connectivity index (χ2n) is 27.1. The van der Waals surface area contributed by atoms with Crippen LogP contribution in [0.15, 0.2) is 115 Å². The molecule has 14 N–H and O–H groups in total. The number of ether oxygens (including phenoxy) is 4. The van der Waals surface area contributed by atoms with Gasteiger partial charge in [-0.05, 0) is 96.3 Å². The number of aliphatic hydroxyl groups excluding tert-OH is 6. The number of benzene rings is 5. The Hall–Kier alpha value is -9.91. The molecule has 5 aliphatic rings. The quantitative estimate of drug-likeness (QED) is 0.0460. The summed E-state index contributed by atoms with van der Waals surface area (Å²) >= 11 is 0. The van der Waals surface area contributed by atoms with Crippen LogP contribution in [0, 0.1) is 5.92 Å². The maximum absolute atomic E-state index is 15.3. The summed E-state index contributed by atoms with van der Waals surface area (Å²) in [5.41, 5.74) is 7.01. The summed E-state index contributed by atoms with van der Waals surface area (Å²) in [6, 6.07) is 23.4. The third kappa shape index (κ3) is 17.5. The van der Waals surface area contributed by atoms with Gasteiger partial charge in [-0.2, -0.15) is 0 Å². The van der Waals surface area contributed by atoms with E-state index in [0.29, 0.717) is 0 Å². The summed E-state index contributed by atoms with van der Waals surface area (Å²) in [5.74, 6) is -9.06. The van der Waals surface area contributed by atoms with Crippen molar-refractivity contribution in [3.8, 4) is 33.8 Å². The number of amides is 9. The number of alkyl carbamates (subject to hydrolysis) is 3. The molecule has 9 amide bonds. The second-order valence-corrected chi connectivity index (χ2v) is 27.1. The summed E-state index contributed by atoms with van der Waals surface area (Å²) in [6.07, 6.45) is -15.6. The van der Waals surface area contributed by atoms with Crippen LogP contribution in [0.3, 0.4) is 0 Å². The molecule has 0 aromatic heterocycles. The lowest BCUT2D eigenvalue weighted by Crippen LogP contribution is -2.64. The molecule has 13 atom stereocenters. The molecule has 0 radical (unpaired) electrons. The number of aliphatic hydroxyl groups is 6. The van der Waals surface area contributed by atoms with Crippen LogP contribution in [-0.2, 0) is 49.4 Å². The van der Waals surface area contributed by atoms with Crippen molar-refractivity contribution < 1.29 is 97.8 Å². The van der Waals surface area contributed by atoms with Gasteiger partial charge in [-0.3, -0.25) is 28.8 Å². The number of hydrogen-bond acceptors (Lipinski definition) is 20. The van der Waals surface area contributed by atoms with Crippen LogP contribution in [0.4, 0.5) is 14.4 Å². The van der Waals surface area contributed by atoms with Crippen molar-refractivity contribution in [3.05, 3.63) is 143 Å². The average molecular weight is 1400 g/mol. The number of hydrogen-bond donors (Lipinski definition) is 14. The SMILES string of the molecule is C[C@@H](O)[C@@H]1NC(=O)C(NC(=O)OC(C)(C)C)C[C@@H](O)CNC(=O)[C@@H]2[C@@H](O)[C@@H](C)CN2C(=O)[C@H]([C@H](O)CCNC(=O)OCC2c3ccccc3-c3ccccc32)NC(=O)[C@H]([C@H](O)Cc2ccc(O)c(OCCNC(=O)OCC3c4ccccc4-c4ccccc43)c2)NC(=O)[C@@H]2C[C@@H](O)CN2C1=O. The Morgan fingerprint density at radius 1 is 0.604 bits per heavy atom. The molecule has 29 nitrogen and oxygen atoms in total. The first-order chi connectivity index (χ1) is 48.2. The van der Waals surface area contributed by atoms with Gasteiger partial charge in [0.25, 0.3) is 0 Å². The highest BCUT2D eigenvalue weighted by molar-refractivity contribution is 5.98. The third-order valence-electron chi connectivity index (χ3n) is 18.6. The monoisotopic (exact) mass is 1400 g/mol. The van der Waals surface area contributed by atoms with E-state index < -0.39 is 183 Å². The van der Waals surface area contributed by atoms with Gasteiger partial charge in [0.05, 0.1) is 43.2 Å². The number of β-amino-alcohol motifs (C(OH)–C–C–N with tert-alkyl or cyclic N) is 1. The Kier molecular flexibility index (Phi) is 23.5. The maximum Gasteiger partial charge on any atom is 0.408 e. The Morgan fingerprint density at radius 3 is 1.68 bits per heavy atom. The molecule has 29 heteroatoms. The van der Waals surface area contributed by atoms with Gasteiger partial charge < -0.3 is 102 Å². The molecule has 101 heavy (non-hydrogen) atoms. The fourth-order valence-electron chi connectivity index (χ4n) is 13.6. The molecule has 3 saturated heterocycles. The number of rotatable bonds is 17. The molecule has 540 valence electrons. The van der Waals surface area contributed by atoms with Crippen LogP contribution in [0.5, 0.6) is 11.5 Å². The first-order valence-electron chi connectivity index (χ1n) is 33.7. The summed E-state index contributed by atoms with van der Waals surface area (Å²) in [5, 5.41) is 98.0. The molecule has 3 heterocycles. The van der Waals surface area contributed by atoms with Gasteiger partial charge in [-0.25, -0.2) is 14.4 Å². The predicted molar refractivity (Wildman–Crippen MR) is 361 cm³/mol. The highest BCUT2D eigenvalue weighted by Crippen LogP contribution is 2.46. The third-order valence-corrected chi connectivity index (χ3v) is 18.6. The molecule has 3 aliphatic heterocycles. The first kappa shape index (κ1) is 73.8. The molecule has 0 spiro atoms.